The number of aromatic nitrogens is 2. The molecule has 16 heteroatoms. The molecule has 57 heavy (non-hydrogen) atoms. The van der Waals surface area contributed by atoms with E-state index in [1.807, 2.05) is 72.8 Å². The number of fused-ring (bicyclic) bond motifs is 1. The minimum Gasteiger partial charge on any atom is -0.375 e. The van der Waals surface area contributed by atoms with E-state index in [1.165, 1.54) is 35.8 Å². The van der Waals surface area contributed by atoms with E-state index in [4.69, 9.17) is 17.3 Å². The van der Waals surface area contributed by atoms with E-state index >= 15 is 0 Å². The summed E-state index contributed by atoms with van der Waals surface area (Å²) in [5.74, 6) is -0.164. The summed E-state index contributed by atoms with van der Waals surface area (Å²) in [6.07, 6.45) is 1.19. The first kappa shape index (κ1) is 39.5. The Kier molecular flexibility index (Phi) is 12.2. The lowest BCUT2D eigenvalue weighted by atomic mass is 9.99. The second-order valence-electron chi connectivity index (χ2n) is 13.5. The molecule has 1 saturated heterocycles. The van der Waals surface area contributed by atoms with Crippen LogP contribution in [-0.2, 0) is 21.4 Å². The summed E-state index contributed by atoms with van der Waals surface area (Å²) in [7, 11) is -4.33. The number of hydrogen-bond acceptors (Lipinski definition) is 11. The highest BCUT2D eigenvalue weighted by Crippen LogP contribution is 2.33. The first-order chi connectivity index (χ1) is 27.5. The van der Waals surface area contributed by atoms with Crippen LogP contribution >= 0.6 is 23.4 Å². The number of nitro groups is 1. The SMILES string of the molecule is NC(=O)CC(CSc1ccccc1)Nc1ccc(S(=O)(=O)Nc2ncnc3cc(N4CCN(Cc5cc(Cl)ccc5-c5ccccc5)CC4)ccc23)cc1[N+](=O)[O-]. The number of nitrogens with zero attached hydrogens (tertiary/aromatic N) is 5. The molecule has 1 aliphatic heterocycles. The number of anilines is 3. The topological polar surface area (TPSA) is 177 Å². The summed E-state index contributed by atoms with van der Waals surface area (Å²) >= 11 is 7.87. The first-order valence-corrected chi connectivity index (χ1v) is 21.0. The van der Waals surface area contributed by atoms with Crippen LogP contribution < -0.4 is 20.7 Å². The number of primary amides is 1. The Morgan fingerprint density at radius 1 is 0.912 bits per heavy atom. The Balaban J connectivity index is 1.03. The monoisotopic (exact) mass is 822 g/mol. The van der Waals surface area contributed by atoms with Crippen LogP contribution in [0.15, 0.2) is 131 Å². The minimum atomic E-state index is -4.33. The van der Waals surface area contributed by atoms with Crippen molar-refractivity contribution in [2.75, 3.05) is 46.9 Å². The molecule has 5 aromatic carbocycles. The van der Waals surface area contributed by atoms with Gasteiger partial charge in [0, 0.05) is 78.0 Å². The first-order valence-electron chi connectivity index (χ1n) is 18.1. The zero-order valence-corrected chi connectivity index (χ0v) is 33.0. The van der Waals surface area contributed by atoms with Crippen molar-refractivity contribution in [2.24, 2.45) is 5.73 Å². The second-order valence-corrected chi connectivity index (χ2v) is 16.7. The third-order valence-corrected chi connectivity index (χ3v) is 12.4. The van der Waals surface area contributed by atoms with Gasteiger partial charge in [0.15, 0.2) is 5.82 Å². The lowest BCUT2D eigenvalue weighted by molar-refractivity contribution is -0.384. The predicted molar refractivity (Wildman–Crippen MR) is 226 cm³/mol. The molecule has 1 atom stereocenters. The Morgan fingerprint density at radius 2 is 1.65 bits per heavy atom. The molecule has 1 aromatic heterocycles. The third-order valence-electron chi connectivity index (χ3n) is 9.61. The predicted octanol–water partition coefficient (Wildman–Crippen LogP) is 7.43. The number of hydrogen-bond donors (Lipinski definition) is 3. The number of halogens is 1. The van der Waals surface area contributed by atoms with Crippen molar-refractivity contribution in [3.8, 4) is 11.1 Å². The van der Waals surface area contributed by atoms with E-state index in [-0.39, 0.29) is 22.8 Å². The van der Waals surface area contributed by atoms with Gasteiger partial charge in [-0.25, -0.2) is 18.4 Å². The number of benzene rings is 5. The van der Waals surface area contributed by atoms with E-state index < -0.39 is 32.6 Å². The quantitative estimate of drug-likeness (QED) is 0.0533. The number of rotatable bonds is 15. The fourth-order valence-corrected chi connectivity index (χ4v) is 8.97. The van der Waals surface area contributed by atoms with Gasteiger partial charge in [-0.15, -0.1) is 11.8 Å². The molecule has 0 bridgehead atoms. The molecule has 292 valence electrons. The summed E-state index contributed by atoms with van der Waals surface area (Å²) in [5.41, 5.74) is 10.0. The molecule has 1 unspecified atom stereocenters. The van der Waals surface area contributed by atoms with Gasteiger partial charge >= 0.3 is 0 Å². The number of nitro benzene ring substituents is 1. The van der Waals surface area contributed by atoms with E-state index in [0.717, 1.165) is 60.5 Å². The summed E-state index contributed by atoms with van der Waals surface area (Å²) in [4.78, 5) is 37.3. The molecule has 0 radical (unpaired) electrons. The van der Waals surface area contributed by atoms with Crippen LogP contribution in [-0.4, -0.2) is 72.1 Å². The number of carbonyl (C=O) groups is 1. The number of thioether (sulfide) groups is 1. The maximum Gasteiger partial charge on any atom is 0.293 e. The van der Waals surface area contributed by atoms with Crippen LogP contribution in [0.25, 0.3) is 22.0 Å². The standard InChI is InChI=1S/C41H39ClN8O5S2/c42-30-11-14-35(28-7-3-1-4-8-28)29(21-30)25-48-17-19-49(20-18-48)32-12-15-36-38(23-32)44-27-45-41(36)47-57(54,55)34-13-16-37(39(24-34)50(52)53)46-31(22-40(43)51)26-56-33-9-5-2-6-10-33/h1-16,21,23-24,27,31,46H,17-20,22,25-26H2,(H2,43,51)(H,44,45,47). The van der Waals surface area contributed by atoms with Gasteiger partial charge < -0.3 is 16.0 Å². The third kappa shape index (κ3) is 9.81. The van der Waals surface area contributed by atoms with Gasteiger partial charge in [0.25, 0.3) is 15.7 Å². The van der Waals surface area contributed by atoms with Crippen LogP contribution in [0, 0.1) is 10.1 Å². The van der Waals surface area contributed by atoms with Crippen molar-refractivity contribution >= 4 is 73.1 Å². The Hall–Kier alpha value is -5.74. The Morgan fingerprint density at radius 3 is 2.37 bits per heavy atom. The lowest BCUT2D eigenvalue weighted by Gasteiger charge is -2.36. The summed E-state index contributed by atoms with van der Waals surface area (Å²) in [6, 6.07) is 34.4. The van der Waals surface area contributed by atoms with Gasteiger partial charge in [-0.05, 0) is 71.3 Å². The van der Waals surface area contributed by atoms with Crippen LogP contribution in [0.2, 0.25) is 5.02 Å². The number of carbonyl (C=O) groups excluding carboxylic acids is 1. The number of amides is 1. The van der Waals surface area contributed by atoms with Gasteiger partial charge in [-0.2, -0.15) is 0 Å². The summed E-state index contributed by atoms with van der Waals surface area (Å²) in [5, 5.41) is 16.4. The lowest BCUT2D eigenvalue weighted by Crippen LogP contribution is -2.46. The number of nitrogens with one attached hydrogen (secondary N) is 2. The minimum absolute atomic E-state index is 0.0384. The Bertz CT molecular complexity index is 2510. The van der Waals surface area contributed by atoms with E-state index in [9.17, 15) is 23.3 Å². The van der Waals surface area contributed by atoms with Crippen molar-refractivity contribution in [3.05, 3.63) is 142 Å². The van der Waals surface area contributed by atoms with Gasteiger partial charge in [-0.3, -0.25) is 24.5 Å². The molecule has 4 N–H and O–H groups in total. The van der Waals surface area contributed by atoms with Crippen molar-refractivity contribution in [1.82, 2.24) is 14.9 Å². The number of sulfonamides is 1. The second kappa shape index (κ2) is 17.6. The van der Waals surface area contributed by atoms with Gasteiger partial charge in [-0.1, -0.05) is 66.2 Å². The molecule has 1 aliphatic rings. The molecule has 1 fully saturated rings. The molecule has 0 aliphatic carbocycles. The van der Waals surface area contributed by atoms with Crippen LogP contribution in [0.3, 0.4) is 0 Å². The van der Waals surface area contributed by atoms with E-state index in [2.05, 4.69) is 48.0 Å². The normalized spacial score (nSPS) is 13.9. The number of nitrogens with two attached hydrogens (primary N) is 1. The zero-order chi connectivity index (χ0) is 39.9. The maximum atomic E-state index is 13.7. The molecule has 6 aromatic rings. The fourth-order valence-electron chi connectivity index (χ4n) is 6.79. The molecule has 13 nitrogen and oxygen atoms in total. The molecule has 7 rings (SSSR count). The molecular weight excluding hydrogens is 784 g/mol. The summed E-state index contributed by atoms with van der Waals surface area (Å²) in [6.45, 7) is 3.96. The van der Waals surface area contributed by atoms with E-state index in [0.29, 0.717) is 21.7 Å². The van der Waals surface area contributed by atoms with Crippen LogP contribution in [0.1, 0.15) is 12.0 Å². The highest BCUT2D eigenvalue weighted by Gasteiger charge is 2.26. The molecule has 0 spiro atoms. The zero-order valence-electron chi connectivity index (χ0n) is 30.6. The van der Waals surface area contributed by atoms with Crippen molar-refractivity contribution in [3.63, 3.8) is 0 Å². The molecular formula is C41H39ClN8O5S2. The maximum absolute atomic E-state index is 13.7. The fraction of sp³-hybridized carbons (Fsp3) is 0.195. The van der Waals surface area contributed by atoms with Crippen LogP contribution in [0.4, 0.5) is 22.9 Å². The van der Waals surface area contributed by atoms with Gasteiger partial charge in [0.1, 0.15) is 12.0 Å². The Labute approximate surface area is 339 Å². The summed E-state index contributed by atoms with van der Waals surface area (Å²) < 4.78 is 29.8. The average molecular weight is 823 g/mol. The number of piperazine rings is 1. The van der Waals surface area contributed by atoms with Crippen molar-refractivity contribution in [1.29, 1.82) is 0 Å². The van der Waals surface area contributed by atoms with Gasteiger partial charge in [0.2, 0.25) is 5.91 Å². The van der Waals surface area contributed by atoms with Crippen molar-refractivity contribution < 1.29 is 18.1 Å². The smallest absolute Gasteiger partial charge is 0.293 e. The van der Waals surface area contributed by atoms with Crippen molar-refractivity contribution in [2.45, 2.75) is 28.8 Å². The van der Waals surface area contributed by atoms with E-state index in [1.54, 1.807) is 6.07 Å². The largest absolute Gasteiger partial charge is 0.375 e. The molecule has 0 saturated carbocycles. The molecule has 1 amide bonds. The average Bonchev–Trinajstić information content (AvgIpc) is 3.20. The van der Waals surface area contributed by atoms with Gasteiger partial charge in [0.05, 0.1) is 15.3 Å². The highest BCUT2D eigenvalue weighted by atomic mass is 35.5. The highest BCUT2D eigenvalue weighted by molar-refractivity contribution is 7.99. The van der Waals surface area contributed by atoms with Crippen LogP contribution in [0.5, 0.6) is 0 Å². The molecule has 2 heterocycles.